The average Bonchev–Trinajstić information content (AvgIpc) is 2.93. The molecule has 1 N–H and O–H groups in total. The first-order valence-corrected chi connectivity index (χ1v) is 7.19. The van der Waals surface area contributed by atoms with E-state index in [1.54, 1.807) is 0 Å². The van der Waals surface area contributed by atoms with E-state index in [1.807, 2.05) is 0 Å². The molecule has 98 valence electrons. The predicted octanol–water partition coefficient (Wildman–Crippen LogP) is 2.49. The maximum Gasteiger partial charge on any atom is 0.0583 e. The van der Waals surface area contributed by atoms with Crippen LogP contribution in [0.15, 0.2) is 30.3 Å². The summed E-state index contributed by atoms with van der Waals surface area (Å²) in [6, 6.07) is 10.8. The second-order valence-corrected chi connectivity index (χ2v) is 6.10. The maximum atomic E-state index is 9.94. The van der Waals surface area contributed by atoms with Crippen LogP contribution in [0.25, 0.3) is 0 Å². The third kappa shape index (κ3) is 2.32. The molecule has 1 aliphatic carbocycles. The highest BCUT2D eigenvalue weighted by molar-refractivity contribution is 5.19. The van der Waals surface area contributed by atoms with Crippen LogP contribution in [0, 0.1) is 11.8 Å². The van der Waals surface area contributed by atoms with Gasteiger partial charge in [-0.2, -0.15) is 0 Å². The summed E-state index contributed by atoms with van der Waals surface area (Å²) >= 11 is 0. The van der Waals surface area contributed by atoms with Gasteiger partial charge in [0.15, 0.2) is 0 Å². The number of benzene rings is 1. The topological polar surface area (TPSA) is 23.5 Å². The minimum Gasteiger partial charge on any atom is -0.393 e. The molecule has 1 aromatic rings. The molecule has 1 aliphatic heterocycles. The Bertz CT molecular complexity index is 391. The Kier molecular flexibility index (Phi) is 3.40. The van der Waals surface area contributed by atoms with Gasteiger partial charge in [0.05, 0.1) is 6.10 Å². The largest absolute Gasteiger partial charge is 0.393 e. The molecular weight excluding hydrogens is 222 g/mol. The fraction of sp³-hybridized carbons (Fsp3) is 0.625. The SMILES string of the molecule is CC(CN1C[C@@H]2CC[C@H](O)[C@@H]2C1)c1ccccc1. The minimum absolute atomic E-state index is 0.0352. The van der Waals surface area contributed by atoms with Crippen LogP contribution in [0.1, 0.15) is 31.2 Å². The lowest BCUT2D eigenvalue weighted by Gasteiger charge is -2.22. The quantitative estimate of drug-likeness (QED) is 0.884. The number of aliphatic hydroxyl groups is 1. The molecule has 0 amide bonds. The van der Waals surface area contributed by atoms with Gasteiger partial charge in [0, 0.05) is 25.6 Å². The zero-order valence-corrected chi connectivity index (χ0v) is 11.1. The predicted molar refractivity (Wildman–Crippen MR) is 73.5 cm³/mol. The van der Waals surface area contributed by atoms with E-state index in [0.29, 0.717) is 11.8 Å². The van der Waals surface area contributed by atoms with Gasteiger partial charge in [0.1, 0.15) is 0 Å². The van der Waals surface area contributed by atoms with Crippen LogP contribution in [0.2, 0.25) is 0 Å². The first-order chi connectivity index (χ1) is 8.74. The van der Waals surface area contributed by atoms with E-state index in [0.717, 1.165) is 25.4 Å². The van der Waals surface area contributed by atoms with Crippen molar-refractivity contribution in [2.24, 2.45) is 11.8 Å². The Morgan fingerprint density at radius 3 is 2.72 bits per heavy atom. The lowest BCUT2D eigenvalue weighted by molar-refractivity contribution is 0.123. The molecule has 2 fully saturated rings. The number of fused-ring (bicyclic) bond motifs is 1. The van der Waals surface area contributed by atoms with Crippen LogP contribution in [0.4, 0.5) is 0 Å². The molecule has 0 spiro atoms. The summed E-state index contributed by atoms with van der Waals surface area (Å²) in [5, 5.41) is 9.94. The highest BCUT2D eigenvalue weighted by atomic mass is 16.3. The number of aliphatic hydroxyl groups excluding tert-OH is 1. The van der Waals surface area contributed by atoms with Crippen LogP contribution in [-0.4, -0.2) is 35.7 Å². The van der Waals surface area contributed by atoms with Crippen molar-refractivity contribution in [1.82, 2.24) is 4.90 Å². The highest BCUT2D eigenvalue weighted by Crippen LogP contribution is 2.38. The van der Waals surface area contributed by atoms with Gasteiger partial charge in [-0.05, 0) is 30.2 Å². The molecule has 0 bridgehead atoms. The molecule has 1 saturated heterocycles. The van der Waals surface area contributed by atoms with Gasteiger partial charge in [0.2, 0.25) is 0 Å². The normalized spacial score (nSPS) is 33.6. The molecule has 2 nitrogen and oxygen atoms in total. The first-order valence-electron chi connectivity index (χ1n) is 7.19. The molecular formula is C16H23NO. The zero-order valence-electron chi connectivity index (χ0n) is 11.1. The smallest absolute Gasteiger partial charge is 0.0583 e. The number of likely N-dealkylation sites (tertiary alicyclic amines) is 1. The van der Waals surface area contributed by atoms with Crippen molar-refractivity contribution in [3.05, 3.63) is 35.9 Å². The Hall–Kier alpha value is -0.860. The molecule has 18 heavy (non-hydrogen) atoms. The molecule has 0 radical (unpaired) electrons. The number of hydrogen-bond donors (Lipinski definition) is 1. The molecule has 1 saturated carbocycles. The van der Waals surface area contributed by atoms with E-state index in [9.17, 15) is 5.11 Å². The highest BCUT2D eigenvalue weighted by Gasteiger charge is 2.41. The second-order valence-electron chi connectivity index (χ2n) is 6.10. The van der Waals surface area contributed by atoms with E-state index in [-0.39, 0.29) is 6.10 Å². The average molecular weight is 245 g/mol. The van der Waals surface area contributed by atoms with E-state index in [1.165, 1.54) is 18.5 Å². The summed E-state index contributed by atoms with van der Waals surface area (Å²) < 4.78 is 0. The van der Waals surface area contributed by atoms with E-state index < -0.39 is 0 Å². The monoisotopic (exact) mass is 245 g/mol. The van der Waals surface area contributed by atoms with Crippen molar-refractivity contribution in [3.63, 3.8) is 0 Å². The lowest BCUT2D eigenvalue weighted by Crippen LogP contribution is -2.28. The Morgan fingerprint density at radius 2 is 2.00 bits per heavy atom. The summed E-state index contributed by atoms with van der Waals surface area (Å²) in [4.78, 5) is 2.55. The molecule has 1 heterocycles. The van der Waals surface area contributed by atoms with Gasteiger partial charge < -0.3 is 10.0 Å². The van der Waals surface area contributed by atoms with Gasteiger partial charge in [-0.15, -0.1) is 0 Å². The molecule has 1 aromatic carbocycles. The van der Waals surface area contributed by atoms with Crippen LogP contribution in [0.3, 0.4) is 0 Å². The molecule has 2 aliphatic rings. The zero-order chi connectivity index (χ0) is 12.5. The number of hydrogen-bond acceptors (Lipinski definition) is 2. The van der Waals surface area contributed by atoms with Gasteiger partial charge in [-0.3, -0.25) is 0 Å². The fourth-order valence-corrected chi connectivity index (χ4v) is 3.75. The molecule has 3 rings (SSSR count). The van der Waals surface area contributed by atoms with Gasteiger partial charge in [-0.1, -0.05) is 37.3 Å². The molecule has 2 heteroatoms. The van der Waals surface area contributed by atoms with Crippen LogP contribution in [0.5, 0.6) is 0 Å². The van der Waals surface area contributed by atoms with Gasteiger partial charge in [-0.25, -0.2) is 0 Å². The van der Waals surface area contributed by atoms with Crippen LogP contribution < -0.4 is 0 Å². The fourth-order valence-electron chi connectivity index (χ4n) is 3.75. The summed E-state index contributed by atoms with van der Waals surface area (Å²) in [7, 11) is 0. The van der Waals surface area contributed by atoms with Crippen LogP contribution >= 0.6 is 0 Å². The third-order valence-corrected chi connectivity index (χ3v) is 4.80. The van der Waals surface area contributed by atoms with E-state index in [2.05, 4.69) is 42.2 Å². The Morgan fingerprint density at radius 1 is 1.22 bits per heavy atom. The Balaban J connectivity index is 1.59. The van der Waals surface area contributed by atoms with Crippen molar-refractivity contribution in [2.45, 2.75) is 31.8 Å². The summed E-state index contributed by atoms with van der Waals surface area (Å²) in [5.41, 5.74) is 1.43. The number of rotatable bonds is 3. The van der Waals surface area contributed by atoms with Crippen molar-refractivity contribution in [1.29, 1.82) is 0 Å². The Labute approximate surface area is 110 Å². The number of nitrogens with zero attached hydrogens (tertiary/aromatic N) is 1. The second kappa shape index (κ2) is 5.02. The van der Waals surface area contributed by atoms with Gasteiger partial charge >= 0.3 is 0 Å². The van der Waals surface area contributed by atoms with Crippen molar-refractivity contribution in [3.8, 4) is 0 Å². The summed E-state index contributed by atoms with van der Waals surface area (Å²) in [5.74, 6) is 1.89. The first kappa shape index (κ1) is 12.2. The van der Waals surface area contributed by atoms with Crippen LogP contribution in [-0.2, 0) is 0 Å². The molecule has 0 aromatic heterocycles. The minimum atomic E-state index is -0.0352. The molecule has 4 atom stereocenters. The van der Waals surface area contributed by atoms with Crippen molar-refractivity contribution < 1.29 is 5.11 Å². The van der Waals surface area contributed by atoms with Crippen molar-refractivity contribution >= 4 is 0 Å². The lowest BCUT2D eigenvalue weighted by atomic mass is 9.99. The van der Waals surface area contributed by atoms with Crippen molar-refractivity contribution in [2.75, 3.05) is 19.6 Å². The molecule has 1 unspecified atom stereocenters. The summed E-state index contributed by atoms with van der Waals surface area (Å²) in [6.45, 7) is 5.73. The maximum absolute atomic E-state index is 9.94. The summed E-state index contributed by atoms with van der Waals surface area (Å²) in [6.07, 6.45) is 2.21. The van der Waals surface area contributed by atoms with E-state index >= 15 is 0 Å². The third-order valence-electron chi connectivity index (χ3n) is 4.80. The standard InChI is InChI=1S/C16H23NO/c1-12(13-5-3-2-4-6-13)9-17-10-14-7-8-16(18)15(14)11-17/h2-6,12,14-16,18H,7-11H2,1H3/t12?,14-,15+,16-/m0/s1. The van der Waals surface area contributed by atoms with E-state index in [4.69, 9.17) is 0 Å². The van der Waals surface area contributed by atoms with Gasteiger partial charge in [0.25, 0.3) is 0 Å².